The maximum Gasteiger partial charge on any atom is 0.0817 e. The van der Waals surface area contributed by atoms with Gasteiger partial charge in [-0.2, -0.15) is 5.26 Å². The number of benzene rings is 1. The Morgan fingerprint density at radius 2 is 2.07 bits per heavy atom. The zero-order valence-electron chi connectivity index (χ0n) is 8.91. The highest BCUT2D eigenvalue weighted by Gasteiger charge is 2.30. The Morgan fingerprint density at radius 1 is 1.43 bits per heavy atom. The molecule has 1 aromatic rings. The minimum absolute atomic E-state index is 0.272. The average Bonchev–Trinajstić information content (AvgIpc) is 2.16. The van der Waals surface area contributed by atoms with Crippen LogP contribution in [-0.4, -0.2) is 0 Å². The van der Waals surface area contributed by atoms with Crippen molar-refractivity contribution in [3.63, 3.8) is 0 Å². The number of nitrogens with two attached hydrogens (primary N) is 1. The van der Waals surface area contributed by atoms with Crippen LogP contribution in [0.15, 0.2) is 24.3 Å². The van der Waals surface area contributed by atoms with Crippen LogP contribution in [0, 0.1) is 17.2 Å². The Balaban J connectivity index is 3.21. The van der Waals surface area contributed by atoms with Gasteiger partial charge in [0.15, 0.2) is 0 Å². The maximum atomic E-state index is 9.21. The monoisotopic (exact) mass is 188 g/mol. The largest absolute Gasteiger partial charge is 0.399 e. The van der Waals surface area contributed by atoms with Crippen molar-refractivity contribution in [3.8, 4) is 6.07 Å². The number of hydrogen-bond acceptors (Lipinski definition) is 2. The minimum Gasteiger partial charge on any atom is -0.399 e. The predicted octanol–water partition coefficient (Wildman–Crippen LogP) is 2.71. The first-order valence-electron chi connectivity index (χ1n) is 4.78. The summed E-state index contributed by atoms with van der Waals surface area (Å²) < 4.78 is 0. The van der Waals surface area contributed by atoms with E-state index in [4.69, 9.17) is 5.73 Å². The molecular weight excluding hydrogens is 172 g/mol. The lowest BCUT2D eigenvalue weighted by Crippen LogP contribution is -2.26. The Kier molecular flexibility index (Phi) is 2.81. The third kappa shape index (κ3) is 1.72. The van der Waals surface area contributed by atoms with Crippen LogP contribution in [0.5, 0.6) is 0 Å². The van der Waals surface area contributed by atoms with E-state index in [0.717, 1.165) is 5.56 Å². The first kappa shape index (κ1) is 10.6. The quantitative estimate of drug-likeness (QED) is 0.725. The van der Waals surface area contributed by atoms with Crippen LogP contribution in [-0.2, 0) is 5.41 Å². The number of nitriles is 1. The van der Waals surface area contributed by atoms with Crippen molar-refractivity contribution in [1.82, 2.24) is 0 Å². The molecule has 0 aliphatic heterocycles. The maximum absolute atomic E-state index is 9.21. The molecule has 1 rings (SSSR count). The summed E-state index contributed by atoms with van der Waals surface area (Å²) >= 11 is 0. The molecule has 74 valence electrons. The summed E-state index contributed by atoms with van der Waals surface area (Å²) in [5, 5.41) is 9.21. The summed E-state index contributed by atoms with van der Waals surface area (Å²) in [6.07, 6.45) is 0. The van der Waals surface area contributed by atoms with Crippen LogP contribution in [0.25, 0.3) is 0 Å². The topological polar surface area (TPSA) is 49.8 Å². The number of rotatable bonds is 2. The third-order valence-electron chi connectivity index (χ3n) is 2.87. The van der Waals surface area contributed by atoms with E-state index in [1.165, 1.54) is 0 Å². The summed E-state index contributed by atoms with van der Waals surface area (Å²) in [6.45, 7) is 6.05. The summed E-state index contributed by atoms with van der Waals surface area (Å²) in [5.74, 6) is 0.272. The first-order valence-corrected chi connectivity index (χ1v) is 4.78. The highest BCUT2D eigenvalue weighted by Crippen LogP contribution is 2.31. The van der Waals surface area contributed by atoms with Gasteiger partial charge >= 0.3 is 0 Å². The standard InChI is InChI=1S/C12H16N2/c1-9(2)12(3,8-13)10-5-4-6-11(14)7-10/h4-7,9H,14H2,1-3H3. The van der Waals surface area contributed by atoms with Gasteiger partial charge in [0.2, 0.25) is 0 Å². The Labute approximate surface area is 85.4 Å². The van der Waals surface area contributed by atoms with Crippen LogP contribution < -0.4 is 5.73 Å². The SMILES string of the molecule is CC(C)C(C)(C#N)c1cccc(N)c1. The smallest absolute Gasteiger partial charge is 0.0817 e. The molecule has 0 amide bonds. The van der Waals surface area contributed by atoms with Gasteiger partial charge < -0.3 is 5.73 Å². The first-order chi connectivity index (χ1) is 6.50. The fourth-order valence-electron chi connectivity index (χ4n) is 1.39. The van der Waals surface area contributed by atoms with Gasteiger partial charge in [0.1, 0.15) is 0 Å². The molecule has 1 aromatic carbocycles. The van der Waals surface area contributed by atoms with Crippen LogP contribution in [0.4, 0.5) is 5.69 Å². The molecule has 0 saturated carbocycles. The van der Waals surface area contributed by atoms with Crippen molar-refractivity contribution in [2.75, 3.05) is 5.73 Å². The second kappa shape index (κ2) is 3.71. The fourth-order valence-corrected chi connectivity index (χ4v) is 1.39. The number of hydrogen-bond donors (Lipinski definition) is 1. The molecule has 2 N–H and O–H groups in total. The summed E-state index contributed by atoms with van der Waals surface area (Å²) in [5.41, 5.74) is 6.96. The Morgan fingerprint density at radius 3 is 2.50 bits per heavy atom. The van der Waals surface area contributed by atoms with E-state index in [0.29, 0.717) is 5.69 Å². The second-order valence-corrected chi connectivity index (χ2v) is 4.09. The van der Waals surface area contributed by atoms with E-state index in [2.05, 4.69) is 6.07 Å². The van der Waals surface area contributed by atoms with Crippen molar-refractivity contribution in [1.29, 1.82) is 5.26 Å². The van der Waals surface area contributed by atoms with E-state index in [1.54, 1.807) is 0 Å². The molecule has 1 atom stereocenters. The predicted molar refractivity (Wildman–Crippen MR) is 58.7 cm³/mol. The molecule has 0 fully saturated rings. The van der Waals surface area contributed by atoms with E-state index < -0.39 is 5.41 Å². The average molecular weight is 188 g/mol. The van der Waals surface area contributed by atoms with Crippen LogP contribution in [0.3, 0.4) is 0 Å². The van der Waals surface area contributed by atoms with Gasteiger partial charge in [-0.05, 0) is 30.5 Å². The molecule has 2 nitrogen and oxygen atoms in total. The normalized spacial score (nSPS) is 14.8. The zero-order valence-corrected chi connectivity index (χ0v) is 8.91. The fraction of sp³-hybridized carbons (Fsp3) is 0.417. The molecule has 14 heavy (non-hydrogen) atoms. The van der Waals surface area contributed by atoms with Gasteiger partial charge in [-0.1, -0.05) is 26.0 Å². The number of nitrogen functional groups attached to an aromatic ring is 1. The number of nitrogens with zero attached hydrogens (tertiary/aromatic N) is 1. The second-order valence-electron chi connectivity index (χ2n) is 4.09. The van der Waals surface area contributed by atoms with Crippen LogP contribution in [0.2, 0.25) is 0 Å². The highest BCUT2D eigenvalue weighted by atomic mass is 14.5. The molecule has 0 saturated heterocycles. The lowest BCUT2D eigenvalue weighted by molar-refractivity contribution is 0.431. The van der Waals surface area contributed by atoms with Crippen molar-refractivity contribution in [2.45, 2.75) is 26.2 Å². The lowest BCUT2D eigenvalue weighted by Gasteiger charge is -2.26. The number of anilines is 1. The molecular formula is C12H16N2. The van der Waals surface area contributed by atoms with Gasteiger partial charge in [-0.3, -0.25) is 0 Å². The molecule has 0 aliphatic rings. The van der Waals surface area contributed by atoms with Gasteiger partial charge in [0.25, 0.3) is 0 Å². The summed E-state index contributed by atoms with van der Waals surface area (Å²) in [6, 6.07) is 9.93. The third-order valence-corrected chi connectivity index (χ3v) is 2.87. The molecule has 0 aliphatic carbocycles. The van der Waals surface area contributed by atoms with Gasteiger partial charge in [0.05, 0.1) is 11.5 Å². The minimum atomic E-state index is -0.449. The van der Waals surface area contributed by atoms with E-state index in [9.17, 15) is 5.26 Å². The zero-order chi connectivity index (χ0) is 10.8. The summed E-state index contributed by atoms with van der Waals surface area (Å²) in [7, 11) is 0. The van der Waals surface area contributed by atoms with E-state index >= 15 is 0 Å². The van der Waals surface area contributed by atoms with Crippen molar-refractivity contribution < 1.29 is 0 Å². The van der Waals surface area contributed by atoms with Crippen LogP contribution >= 0.6 is 0 Å². The van der Waals surface area contributed by atoms with Crippen molar-refractivity contribution in [3.05, 3.63) is 29.8 Å². The summed E-state index contributed by atoms with van der Waals surface area (Å²) in [4.78, 5) is 0. The molecule has 0 aromatic heterocycles. The van der Waals surface area contributed by atoms with Crippen molar-refractivity contribution >= 4 is 5.69 Å². The molecule has 2 heteroatoms. The molecule has 0 heterocycles. The molecule has 1 unspecified atom stereocenters. The Bertz CT molecular complexity index is 363. The highest BCUT2D eigenvalue weighted by molar-refractivity contribution is 5.45. The van der Waals surface area contributed by atoms with Gasteiger partial charge in [-0.25, -0.2) is 0 Å². The molecule has 0 bridgehead atoms. The van der Waals surface area contributed by atoms with Gasteiger partial charge in [-0.15, -0.1) is 0 Å². The Hall–Kier alpha value is -1.49. The molecule has 0 spiro atoms. The molecule has 0 radical (unpaired) electrons. The lowest BCUT2D eigenvalue weighted by atomic mass is 9.74. The van der Waals surface area contributed by atoms with E-state index in [1.807, 2.05) is 45.0 Å². The van der Waals surface area contributed by atoms with Crippen LogP contribution in [0.1, 0.15) is 26.3 Å². The van der Waals surface area contributed by atoms with Crippen molar-refractivity contribution in [2.24, 2.45) is 5.92 Å². The van der Waals surface area contributed by atoms with Gasteiger partial charge in [0, 0.05) is 5.69 Å². The van der Waals surface area contributed by atoms with E-state index in [-0.39, 0.29) is 5.92 Å².